The zero-order chi connectivity index (χ0) is 24.4. The Kier molecular flexibility index (Phi) is 25.1. The standard InChI is InChI=1S/C29H57NO3/c1-3-5-7-9-11-13-14-15-17-18-20-22-24-28(32)27(26-31)30-29(33)25-23-21-19-16-12-10-8-6-4-2/h22,24,27-28,31-32H,3-21,23,25-26H2,1-2H3,(H,30,33)/b24-22-/t27-,28+/m0/s1. The van der Waals surface area contributed by atoms with Crippen LogP contribution in [0.25, 0.3) is 0 Å². The highest BCUT2D eigenvalue weighted by molar-refractivity contribution is 5.76. The van der Waals surface area contributed by atoms with Gasteiger partial charge in [0.25, 0.3) is 0 Å². The monoisotopic (exact) mass is 467 g/mol. The largest absolute Gasteiger partial charge is 0.394 e. The van der Waals surface area contributed by atoms with E-state index in [-0.39, 0.29) is 12.5 Å². The van der Waals surface area contributed by atoms with Crippen molar-refractivity contribution in [1.29, 1.82) is 0 Å². The second-order valence-corrected chi connectivity index (χ2v) is 9.82. The maximum Gasteiger partial charge on any atom is 0.220 e. The molecular formula is C29H57NO3. The van der Waals surface area contributed by atoms with Crippen molar-refractivity contribution in [1.82, 2.24) is 5.32 Å². The molecule has 0 spiro atoms. The molecule has 0 aliphatic carbocycles. The first-order valence-electron chi connectivity index (χ1n) is 14.4. The topological polar surface area (TPSA) is 69.6 Å². The van der Waals surface area contributed by atoms with Crippen LogP contribution in [0.15, 0.2) is 12.2 Å². The Hall–Kier alpha value is -0.870. The molecule has 196 valence electrons. The van der Waals surface area contributed by atoms with Crippen molar-refractivity contribution in [3.8, 4) is 0 Å². The minimum atomic E-state index is -0.829. The SMILES string of the molecule is CCCCCCCCCCCC/C=C\[C@@H](O)[C@H](CO)NC(=O)CCCCCCCCCCC. The third-order valence-corrected chi connectivity index (χ3v) is 6.52. The number of nitrogens with one attached hydrogen (secondary N) is 1. The van der Waals surface area contributed by atoms with E-state index in [1.807, 2.05) is 6.08 Å². The van der Waals surface area contributed by atoms with E-state index in [0.717, 1.165) is 25.7 Å². The number of unbranched alkanes of at least 4 members (excludes halogenated alkanes) is 18. The summed E-state index contributed by atoms with van der Waals surface area (Å²) in [7, 11) is 0. The van der Waals surface area contributed by atoms with Crippen LogP contribution in [0.4, 0.5) is 0 Å². The molecule has 4 heteroatoms. The van der Waals surface area contributed by atoms with E-state index in [1.54, 1.807) is 6.08 Å². The molecule has 2 atom stereocenters. The Labute approximate surface area is 206 Å². The molecule has 1 amide bonds. The van der Waals surface area contributed by atoms with Gasteiger partial charge in [-0.1, -0.05) is 135 Å². The summed E-state index contributed by atoms with van der Waals surface area (Å²) in [5.74, 6) is -0.0702. The predicted molar refractivity (Wildman–Crippen MR) is 142 cm³/mol. The molecule has 4 nitrogen and oxygen atoms in total. The molecule has 0 rings (SSSR count). The van der Waals surface area contributed by atoms with E-state index < -0.39 is 12.1 Å². The Morgan fingerprint density at radius 3 is 1.58 bits per heavy atom. The van der Waals surface area contributed by atoms with Crippen molar-refractivity contribution >= 4 is 5.91 Å². The fourth-order valence-electron chi connectivity index (χ4n) is 4.23. The molecular weight excluding hydrogens is 410 g/mol. The minimum Gasteiger partial charge on any atom is -0.394 e. The van der Waals surface area contributed by atoms with Crippen LogP contribution >= 0.6 is 0 Å². The lowest BCUT2D eigenvalue weighted by atomic mass is 10.1. The Morgan fingerprint density at radius 2 is 1.12 bits per heavy atom. The Balaban J connectivity index is 3.70. The van der Waals surface area contributed by atoms with Crippen molar-refractivity contribution in [3.63, 3.8) is 0 Å². The highest BCUT2D eigenvalue weighted by Crippen LogP contribution is 2.12. The summed E-state index contributed by atoms with van der Waals surface area (Å²) in [5, 5.41) is 22.6. The van der Waals surface area contributed by atoms with Gasteiger partial charge in [0, 0.05) is 6.42 Å². The normalized spacial score (nSPS) is 13.5. The van der Waals surface area contributed by atoms with Gasteiger partial charge in [-0.25, -0.2) is 0 Å². The van der Waals surface area contributed by atoms with Crippen molar-refractivity contribution in [3.05, 3.63) is 12.2 Å². The summed E-state index contributed by atoms with van der Waals surface area (Å²) < 4.78 is 0. The number of hydrogen-bond donors (Lipinski definition) is 3. The number of carbonyl (C=O) groups is 1. The highest BCUT2D eigenvalue weighted by Gasteiger charge is 2.17. The molecule has 0 aromatic carbocycles. The molecule has 0 aliphatic heterocycles. The summed E-state index contributed by atoms with van der Waals surface area (Å²) in [6, 6.07) is -0.611. The van der Waals surface area contributed by atoms with Gasteiger partial charge < -0.3 is 15.5 Å². The van der Waals surface area contributed by atoms with E-state index in [0.29, 0.717) is 6.42 Å². The van der Waals surface area contributed by atoms with E-state index in [4.69, 9.17) is 0 Å². The molecule has 0 saturated carbocycles. The van der Waals surface area contributed by atoms with Gasteiger partial charge in [0.2, 0.25) is 5.91 Å². The third kappa shape index (κ3) is 22.7. The van der Waals surface area contributed by atoms with Gasteiger partial charge >= 0.3 is 0 Å². The highest BCUT2D eigenvalue weighted by atomic mass is 16.3. The Bertz CT molecular complexity index is 439. The first-order chi connectivity index (χ1) is 16.2. The predicted octanol–water partition coefficient (Wildman–Crippen LogP) is 7.61. The molecule has 0 fully saturated rings. The number of hydrogen-bond acceptors (Lipinski definition) is 3. The minimum absolute atomic E-state index is 0.0702. The molecule has 33 heavy (non-hydrogen) atoms. The van der Waals surface area contributed by atoms with E-state index in [2.05, 4.69) is 19.2 Å². The average molecular weight is 468 g/mol. The van der Waals surface area contributed by atoms with Crippen molar-refractivity contribution in [2.75, 3.05) is 6.61 Å². The fourth-order valence-corrected chi connectivity index (χ4v) is 4.23. The second-order valence-electron chi connectivity index (χ2n) is 9.82. The zero-order valence-corrected chi connectivity index (χ0v) is 22.2. The third-order valence-electron chi connectivity index (χ3n) is 6.52. The number of amides is 1. The molecule has 0 aromatic heterocycles. The fraction of sp³-hybridized carbons (Fsp3) is 0.897. The van der Waals surface area contributed by atoms with Gasteiger partial charge in [0.1, 0.15) is 0 Å². The van der Waals surface area contributed by atoms with Gasteiger partial charge in [-0.3, -0.25) is 4.79 Å². The van der Waals surface area contributed by atoms with Gasteiger partial charge in [-0.15, -0.1) is 0 Å². The van der Waals surface area contributed by atoms with E-state index >= 15 is 0 Å². The maximum atomic E-state index is 12.1. The number of carbonyl (C=O) groups excluding carboxylic acids is 1. The number of aliphatic hydroxyl groups is 2. The lowest BCUT2D eigenvalue weighted by Crippen LogP contribution is -2.45. The molecule has 3 N–H and O–H groups in total. The van der Waals surface area contributed by atoms with Crippen molar-refractivity contribution in [2.45, 2.75) is 161 Å². The average Bonchev–Trinajstić information content (AvgIpc) is 2.82. The van der Waals surface area contributed by atoms with Crippen LogP contribution in [0.2, 0.25) is 0 Å². The lowest BCUT2D eigenvalue weighted by Gasteiger charge is -2.20. The first-order valence-corrected chi connectivity index (χ1v) is 14.4. The molecule has 0 bridgehead atoms. The van der Waals surface area contributed by atoms with E-state index in [9.17, 15) is 15.0 Å². The smallest absolute Gasteiger partial charge is 0.220 e. The molecule has 0 aliphatic rings. The van der Waals surface area contributed by atoms with Crippen molar-refractivity contribution < 1.29 is 15.0 Å². The summed E-state index contributed by atoms with van der Waals surface area (Å²) in [6.07, 6.45) is 28.5. The molecule has 0 heterocycles. The zero-order valence-electron chi connectivity index (χ0n) is 22.2. The van der Waals surface area contributed by atoms with Gasteiger partial charge in [0.05, 0.1) is 18.8 Å². The molecule has 0 aromatic rings. The maximum absolute atomic E-state index is 12.1. The number of allylic oxidation sites excluding steroid dienone is 1. The van der Waals surface area contributed by atoms with Crippen LogP contribution in [-0.2, 0) is 4.79 Å². The van der Waals surface area contributed by atoms with Crippen LogP contribution in [0.5, 0.6) is 0 Å². The summed E-state index contributed by atoms with van der Waals surface area (Å²) in [4.78, 5) is 12.1. The van der Waals surface area contributed by atoms with Crippen LogP contribution in [0, 0.1) is 0 Å². The number of aliphatic hydroxyl groups excluding tert-OH is 2. The molecule has 0 saturated heterocycles. The van der Waals surface area contributed by atoms with Crippen molar-refractivity contribution in [2.24, 2.45) is 0 Å². The van der Waals surface area contributed by atoms with Gasteiger partial charge in [-0.05, 0) is 19.3 Å². The number of rotatable bonds is 25. The van der Waals surface area contributed by atoms with E-state index in [1.165, 1.54) is 103 Å². The van der Waals surface area contributed by atoms with Crippen LogP contribution < -0.4 is 5.32 Å². The molecule has 0 unspecified atom stereocenters. The van der Waals surface area contributed by atoms with Crippen LogP contribution in [0.1, 0.15) is 149 Å². The van der Waals surface area contributed by atoms with Gasteiger partial charge in [-0.2, -0.15) is 0 Å². The first kappa shape index (κ1) is 32.1. The lowest BCUT2D eigenvalue weighted by molar-refractivity contribution is -0.123. The molecule has 0 radical (unpaired) electrons. The quantitative estimate of drug-likeness (QED) is 0.0955. The summed E-state index contributed by atoms with van der Waals surface area (Å²) in [6.45, 7) is 4.25. The van der Waals surface area contributed by atoms with Gasteiger partial charge in [0.15, 0.2) is 0 Å². The van der Waals surface area contributed by atoms with Crippen LogP contribution in [-0.4, -0.2) is 34.9 Å². The van der Waals surface area contributed by atoms with Crippen LogP contribution in [0.3, 0.4) is 0 Å². The Morgan fingerprint density at radius 1 is 0.697 bits per heavy atom. The summed E-state index contributed by atoms with van der Waals surface area (Å²) >= 11 is 0. The second kappa shape index (κ2) is 25.7. The summed E-state index contributed by atoms with van der Waals surface area (Å²) in [5.41, 5.74) is 0.